The van der Waals surface area contributed by atoms with Gasteiger partial charge in [0.15, 0.2) is 11.6 Å². The lowest BCUT2D eigenvalue weighted by molar-refractivity contribution is -0.140. The molecule has 1 aromatic rings. The summed E-state index contributed by atoms with van der Waals surface area (Å²) in [5.74, 6) is -0.849. The van der Waals surface area contributed by atoms with Crippen LogP contribution in [0, 0.1) is 5.82 Å². The Balaban J connectivity index is 2.41. The van der Waals surface area contributed by atoms with Gasteiger partial charge in [-0.2, -0.15) is 0 Å². The first kappa shape index (κ1) is 13.2. The molecule has 0 heterocycles. The Morgan fingerprint density at radius 1 is 1.47 bits per heavy atom. The molecule has 0 N–H and O–H groups in total. The van der Waals surface area contributed by atoms with Gasteiger partial charge < -0.3 is 9.47 Å². The minimum atomic E-state index is -0.590. The molecule has 0 spiro atoms. The van der Waals surface area contributed by atoms with Crippen LogP contribution in [0.15, 0.2) is 18.2 Å². The Labute approximate surface area is 98.3 Å². The molecule has 0 aliphatic heterocycles. The number of halogens is 1. The molecule has 0 unspecified atom stereocenters. The Bertz CT molecular complexity index is 403. The minimum absolute atomic E-state index is 0.0699. The highest BCUT2D eigenvalue weighted by Gasteiger charge is 2.05. The minimum Gasteiger partial charge on any atom is -0.491 e. The first-order valence-corrected chi connectivity index (χ1v) is 5.11. The van der Waals surface area contributed by atoms with Gasteiger partial charge in [-0.3, -0.25) is 9.59 Å². The molecule has 0 amide bonds. The highest BCUT2D eigenvalue weighted by Crippen LogP contribution is 2.17. The molecule has 4 nitrogen and oxygen atoms in total. The third kappa shape index (κ3) is 4.22. The number of esters is 1. The number of hydrogen-bond donors (Lipinski definition) is 0. The van der Waals surface area contributed by atoms with Gasteiger partial charge >= 0.3 is 5.97 Å². The van der Waals surface area contributed by atoms with Crippen molar-refractivity contribution < 1.29 is 23.5 Å². The van der Waals surface area contributed by atoms with Gasteiger partial charge in [-0.15, -0.1) is 0 Å². The van der Waals surface area contributed by atoms with Crippen molar-refractivity contribution in [3.8, 4) is 5.75 Å². The second-order valence-corrected chi connectivity index (χ2v) is 3.34. The number of methoxy groups -OCH3 is 1. The predicted molar refractivity (Wildman–Crippen MR) is 58.5 cm³/mol. The molecule has 1 rings (SSSR count). The van der Waals surface area contributed by atoms with Crippen LogP contribution in [0.3, 0.4) is 0 Å². The zero-order valence-electron chi connectivity index (χ0n) is 9.44. The molecule has 0 saturated heterocycles. The summed E-state index contributed by atoms with van der Waals surface area (Å²) >= 11 is 0. The van der Waals surface area contributed by atoms with Gasteiger partial charge in [0.1, 0.15) is 6.29 Å². The van der Waals surface area contributed by atoms with E-state index < -0.39 is 5.82 Å². The van der Waals surface area contributed by atoms with Crippen LogP contribution in [0.4, 0.5) is 4.39 Å². The van der Waals surface area contributed by atoms with Crippen molar-refractivity contribution in [1.82, 2.24) is 0 Å². The summed E-state index contributed by atoms with van der Waals surface area (Å²) < 4.78 is 22.9. The number of hydrogen-bond acceptors (Lipinski definition) is 4. The van der Waals surface area contributed by atoms with Crippen LogP contribution in [0.2, 0.25) is 0 Å². The van der Waals surface area contributed by atoms with Crippen LogP contribution in [0.5, 0.6) is 5.75 Å². The van der Waals surface area contributed by atoms with Gasteiger partial charge in [-0.05, 0) is 24.6 Å². The lowest BCUT2D eigenvalue weighted by atomic mass is 10.2. The van der Waals surface area contributed by atoms with Crippen molar-refractivity contribution in [2.24, 2.45) is 0 Å². The molecule has 0 radical (unpaired) electrons. The Morgan fingerprint density at radius 3 is 2.82 bits per heavy atom. The van der Waals surface area contributed by atoms with Gasteiger partial charge in [-0.1, -0.05) is 0 Å². The van der Waals surface area contributed by atoms with Crippen molar-refractivity contribution in [2.75, 3.05) is 13.7 Å². The molecule has 92 valence electrons. The van der Waals surface area contributed by atoms with Crippen molar-refractivity contribution in [3.05, 3.63) is 29.6 Å². The first-order chi connectivity index (χ1) is 8.17. The summed E-state index contributed by atoms with van der Waals surface area (Å²) in [5, 5.41) is 0. The van der Waals surface area contributed by atoms with Gasteiger partial charge in [0.05, 0.1) is 13.7 Å². The maximum Gasteiger partial charge on any atom is 0.305 e. The highest BCUT2D eigenvalue weighted by atomic mass is 19.1. The van der Waals surface area contributed by atoms with Gasteiger partial charge in [-0.25, -0.2) is 4.39 Å². The summed E-state index contributed by atoms with van der Waals surface area (Å²) in [5.41, 5.74) is 0.254. The molecule has 5 heteroatoms. The second-order valence-electron chi connectivity index (χ2n) is 3.34. The monoisotopic (exact) mass is 240 g/mol. The van der Waals surface area contributed by atoms with E-state index in [1.165, 1.54) is 19.2 Å². The van der Waals surface area contributed by atoms with Gasteiger partial charge in [0.2, 0.25) is 0 Å². The largest absolute Gasteiger partial charge is 0.491 e. The molecule has 0 atom stereocenters. The lowest BCUT2D eigenvalue weighted by Crippen LogP contribution is -2.05. The fraction of sp³-hybridized carbons (Fsp3) is 0.333. The van der Waals surface area contributed by atoms with Crippen LogP contribution >= 0.6 is 0 Å². The number of benzene rings is 1. The number of aldehydes is 1. The number of carbonyl (C=O) groups is 2. The summed E-state index contributed by atoms with van der Waals surface area (Å²) in [6.07, 6.45) is 1.23. The molecule has 0 aliphatic carbocycles. The molecular weight excluding hydrogens is 227 g/mol. The Kier molecular flexibility index (Phi) is 5.13. The predicted octanol–water partition coefficient (Wildman–Crippen LogP) is 1.97. The molecule has 0 fully saturated rings. The zero-order chi connectivity index (χ0) is 12.7. The Morgan fingerprint density at radius 2 is 2.24 bits per heavy atom. The van der Waals surface area contributed by atoms with E-state index in [9.17, 15) is 14.0 Å². The maximum atomic E-state index is 13.3. The standard InChI is InChI=1S/C12H13FO4/c1-16-12(15)3-2-6-17-11-5-4-9(8-14)7-10(11)13/h4-5,7-8H,2-3,6H2,1H3. The topological polar surface area (TPSA) is 52.6 Å². The number of rotatable bonds is 6. The summed E-state index contributed by atoms with van der Waals surface area (Å²) in [6.45, 7) is 0.215. The second kappa shape index (κ2) is 6.62. The smallest absolute Gasteiger partial charge is 0.305 e. The fourth-order valence-electron chi connectivity index (χ4n) is 1.21. The number of ether oxygens (including phenoxy) is 2. The first-order valence-electron chi connectivity index (χ1n) is 5.11. The van der Waals surface area contributed by atoms with E-state index in [1.807, 2.05) is 0 Å². The summed E-state index contributed by atoms with van der Waals surface area (Å²) in [7, 11) is 1.31. The molecule has 17 heavy (non-hydrogen) atoms. The lowest BCUT2D eigenvalue weighted by Gasteiger charge is -2.06. The average molecular weight is 240 g/mol. The van der Waals surface area contributed by atoms with E-state index in [-0.39, 0.29) is 30.3 Å². The molecule has 0 saturated carbocycles. The van der Waals surface area contributed by atoms with Gasteiger partial charge in [0, 0.05) is 12.0 Å². The third-order valence-corrected chi connectivity index (χ3v) is 2.10. The van der Waals surface area contributed by atoms with E-state index in [0.29, 0.717) is 12.7 Å². The van der Waals surface area contributed by atoms with Gasteiger partial charge in [0.25, 0.3) is 0 Å². The van der Waals surface area contributed by atoms with E-state index in [2.05, 4.69) is 4.74 Å². The van der Waals surface area contributed by atoms with Crippen molar-refractivity contribution >= 4 is 12.3 Å². The fourth-order valence-corrected chi connectivity index (χ4v) is 1.21. The van der Waals surface area contributed by atoms with Crippen LogP contribution < -0.4 is 4.74 Å². The van der Waals surface area contributed by atoms with Crippen molar-refractivity contribution in [3.63, 3.8) is 0 Å². The van der Waals surface area contributed by atoms with Crippen molar-refractivity contribution in [2.45, 2.75) is 12.8 Å². The van der Waals surface area contributed by atoms with Crippen LogP contribution in [0.25, 0.3) is 0 Å². The molecule has 0 aliphatic rings. The van der Waals surface area contributed by atoms with E-state index in [1.54, 1.807) is 0 Å². The molecular formula is C12H13FO4. The van der Waals surface area contributed by atoms with Crippen molar-refractivity contribution in [1.29, 1.82) is 0 Å². The summed E-state index contributed by atoms with van der Waals surface area (Å²) in [6, 6.07) is 3.95. The van der Waals surface area contributed by atoms with Crippen LogP contribution in [-0.2, 0) is 9.53 Å². The maximum absolute atomic E-state index is 13.3. The quantitative estimate of drug-likeness (QED) is 0.433. The average Bonchev–Trinajstić information content (AvgIpc) is 2.35. The molecule has 1 aromatic carbocycles. The van der Waals surface area contributed by atoms with Crippen LogP contribution in [0.1, 0.15) is 23.2 Å². The summed E-state index contributed by atoms with van der Waals surface area (Å²) in [4.78, 5) is 21.2. The van der Waals surface area contributed by atoms with E-state index in [0.717, 1.165) is 6.07 Å². The molecule has 0 bridgehead atoms. The normalized spacial score (nSPS) is 9.76. The van der Waals surface area contributed by atoms with E-state index in [4.69, 9.17) is 4.74 Å². The molecule has 0 aromatic heterocycles. The Hall–Kier alpha value is -1.91. The van der Waals surface area contributed by atoms with Crippen LogP contribution in [-0.4, -0.2) is 26.0 Å². The SMILES string of the molecule is COC(=O)CCCOc1ccc(C=O)cc1F. The zero-order valence-corrected chi connectivity index (χ0v) is 9.44. The van der Waals surface area contributed by atoms with E-state index >= 15 is 0 Å². The number of carbonyl (C=O) groups excluding carboxylic acids is 2. The third-order valence-electron chi connectivity index (χ3n) is 2.10. The highest BCUT2D eigenvalue weighted by molar-refractivity contribution is 5.75.